The van der Waals surface area contributed by atoms with E-state index in [1.807, 2.05) is 0 Å². The molecule has 1 unspecified atom stereocenters. The molecule has 1 aromatic rings. The van der Waals surface area contributed by atoms with Crippen molar-refractivity contribution in [2.75, 3.05) is 18.4 Å². The van der Waals surface area contributed by atoms with Gasteiger partial charge in [0.25, 0.3) is 0 Å². The summed E-state index contributed by atoms with van der Waals surface area (Å²) in [4.78, 5) is 16.6. The lowest BCUT2D eigenvalue weighted by molar-refractivity contribution is -0.126. The monoisotopic (exact) mass is 345 g/mol. The normalized spacial score (nSPS) is 22.8. The Morgan fingerprint density at radius 3 is 2.95 bits per heavy atom. The van der Waals surface area contributed by atoms with Crippen LogP contribution in [0, 0.1) is 11.3 Å². The lowest BCUT2D eigenvalue weighted by atomic mass is 9.75. The van der Waals surface area contributed by atoms with Crippen LogP contribution in [-0.2, 0) is 4.79 Å². The predicted octanol–water partition coefficient (Wildman–Crippen LogP) is 3.07. The molecule has 0 aromatic carbocycles. The summed E-state index contributed by atoms with van der Waals surface area (Å²) in [5.41, 5.74) is 0.180. The van der Waals surface area contributed by atoms with Crippen molar-refractivity contribution in [1.29, 1.82) is 0 Å². The van der Waals surface area contributed by atoms with Crippen LogP contribution in [0.15, 0.2) is 16.7 Å². The third-order valence-electron chi connectivity index (χ3n) is 3.80. The first-order valence-corrected chi connectivity index (χ1v) is 7.46. The second-order valence-electron chi connectivity index (χ2n) is 5.18. The Balaban J connectivity index is 2.22. The highest BCUT2D eigenvalue weighted by atomic mass is 79.9. The van der Waals surface area contributed by atoms with Crippen molar-refractivity contribution in [2.24, 2.45) is 11.3 Å². The molecule has 1 aromatic heterocycles. The largest absolute Gasteiger partial charge is 0.323 e. The van der Waals surface area contributed by atoms with Gasteiger partial charge >= 0.3 is 0 Å². The molecular weight excluding hydrogens is 330 g/mol. The van der Waals surface area contributed by atoms with Crippen molar-refractivity contribution >= 4 is 39.1 Å². The van der Waals surface area contributed by atoms with E-state index in [0.29, 0.717) is 17.4 Å². The fraction of sp³-hybridized carbons (Fsp3) is 0.538. The molecule has 1 aliphatic heterocycles. The summed E-state index contributed by atoms with van der Waals surface area (Å²) in [5, 5.41) is 6.49. The highest BCUT2D eigenvalue weighted by Gasteiger charge is 2.44. The average molecular weight is 347 g/mol. The number of hydrogen-bond donors (Lipinski definition) is 2. The SMILES string of the molecule is CC(C)C1(C(=O)Nc2cc(Br)cnc2Cl)CCNC1. The van der Waals surface area contributed by atoms with Crippen LogP contribution in [0.3, 0.4) is 0 Å². The highest BCUT2D eigenvalue weighted by Crippen LogP contribution is 2.36. The Kier molecular flexibility index (Phi) is 4.48. The van der Waals surface area contributed by atoms with Gasteiger partial charge in [0.2, 0.25) is 5.91 Å². The van der Waals surface area contributed by atoms with Crippen LogP contribution in [0.25, 0.3) is 0 Å². The number of nitrogens with zero attached hydrogens (tertiary/aromatic N) is 1. The van der Waals surface area contributed by atoms with E-state index in [9.17, 15) is 4.79 Å². The number of anilines is 1. The van der Waals surface area contributed by atoms with Gasteiger partial charge in [0.15, 0.2) is 5.15 Å². The Labute approximate surface area is 126 Å². The van der Waals surface area contributed by atoms with Gasteiger partial charge in [-0.3, -0.25) is 4.79 Å². The van der Waals surface area contributed by atoms with Crippen molar-refractivity contribution in [2.45, 2.75) is 20.3 Å². The highest BCUT2D eigenvalue weighted by molar-refractivity contribution is 9.10. The number of halogens is 2. The van der Waals surface area contributed by atoms with Gasteiger partial charge in [-0.1, -0.05) is 25.4 Å². The number of carbonyl (C=O) groups is 1. The number of aromatic nitrogens is 1. The number of pyridine rings is 1. The molecule has 1 atom stereocenters. The third kappa shape index (κ3) is 2.93. The predicted molar refractivity (Wildman–Crippen MR) is 80.3 cm³/mol. The number of amides is 1. The van der Waals surface area contributed by atoms with Crippen molar-refractivity contribution in [3.05, 3.63) is 21.9 Å². The van der Waals surface area contributed by atoms with Gasteiger partial charge < -0.3 is 10.6 Å². The van der Waals surface area contributed by atoms with E-state index in [-0.39, 0.29) is 17.2 Å². The molecule has 1 saturated heterocycles. The first-order chi connectivity index (χ1) is 8.95. The van der Waals surface area contributed by atoms with Gasteiger partial charge in [-0.25, -0.2) is 4.98 Å². The lowest BCUT2D eigenvalue weighted by Gasteiger charge is -2.31. The second kappa shape index (κ2) is 5.77. The maximum atomic E-state index is 12.6. The van der Waals surface area contributed by atoms with Gasteiger partial charge in [0.1, 0.15) is 0 Å². The Morgan fingerprint density at radius 2 is 2.37 bits per heavy atom. The van der Waals surface area contributed by atoms with Gasteiger partial charge in [-0.2, -0.15) is 0 Å². The Hall–Kier alpha value is -0.650. The van der Waals surface area contributed by atoms with E-state index >= 15 is 0 Å². The first-order valence-electron chi connectivity index (χ1n) is 6.29. The van der Waals surface area contributed by atoms with Gasteiger partial charge in [-0.15, -0.1) is 0 Å². The number of carbonyl (C=O) groups excluding carboxylic acids is 1. The van der Waals surface area contributed by atoms with Crippen molar-refractivity contribution in [3.8, 4) is 0 Å². The zero-order valence-corrected chi connectivity index (χ0v) is 13.3. The Bertz CT molecular complexity index is 487. The molecular formula is C13H17BrClN3O. The zero-order chi connectivity index (χ0) is 14.0. The molecule has 1 amide bonds. The van der Waals surface area contributed by atoms with E-state index in [0.717, 1.165) is 17.4 Å². The van der Waals surface area contributed by atoms with Crippen LogP contribution in [0.4, 0.5) is 5.69 Å². The fourth-order valence-corrected chi connectivity index (χ4v) is 2.90. The van der Waals surface area contributed by atoms with Gasteiger partial charge in [-0.05, 0) is 40.9 Å². The molecule has 0 saturated carbocycles. The summed E-state index contributed by atoms with van der Waals surface area (Å²) < 4.78 is 0.787. The van der Waals surface area contributed by atoms with Crippen molar-refractivity contribution in [3.63, 3.8) is 0 Å². The van der Waals surface area contributed by atoms with Crippen LogP contribution >= 0.6 is 27.5 Å². The minimum atomic E-state index is -0.369. The van der Waals surface area contributed by atoms with Gasteiger partial charge in [0.05, 0.1) is 11.1 Å². The molecule has 19 heavy (non-hydrogen) atoms. The van der Waals surface area contributed by atoms with Crippen LogP contribution in [-0.4, -0.2) is 24.0 Å². The number of hydrogen-bond acceptors (Lipinski definition) is 3. The summed E-state index contributed by atoms with van der Waals surface area (Å²) in [6.07, 6.45) is 2.45. The number of nitrogens with one attached hydrogen (secondary N) is 2. The maximum absolute atomic E-state index is 12.6. The van der Waals surface area contributed by atoms with E-state index in [2.05, 4.69) is 45.4 Å². The fourth-order valence-electron chi connectivity index (χ4n) is 2.42. The Morgan fingerprint density at radius 1 is 1.63 bits per heavy atom. The summed E-state index contributed by atoms with van der Waals surface area (Å²) in [5.74, 6) is 0.274. The molecule has 104 valence electrons. The van der Waals surface area contributed by atoms with Crippen LogP contribution < -0.4 is 10.6 Å². The van der Waals surface area contributed by atoms with Gasteiger partial charge in [0, 0.05) is 17.2 Å². The minimum Gasteiger partial charge on any atom is -0.323 e. The quantitative estimate of drug-likeness (QED) is 0.827. The minimum absolute atomic E-state index is 0.00861. The molecule has 6 heteroatoms. The maximum Gasteiger partial charge on any atom is 0.232 e. The molecule has 0 radical (unpaired) electrons. The van der Waals surface area contributed by atoms with E-state index in [1.165, 1.54) is 0 Å². The molecule has 4 nitrogen and oxygen atoms in total. The lowest BCUT2D eigenvalue weighted by Crippen LogP contribution is -2.42. The zero-order valence-electron chi connectivity index (χ0n) is 11.0. The molecule has 2 rings (SSSR count). The summed E-state index contributed by atoms with van der Waals surface area (Å²) >= 11 is 9.34. The summed E-state index contributed by atoms with van der Waals surface area (Å²) in [6, 6.07) is 1.77. The van der Waals surface area contributed by atoms with E-state index in [4.69, 9.17) is 11.6 Å². The third-order valence-corrected chi connectivity index (χ3v) is 4.53. The van der Waals surface area contributed by atoms with Crippen LogP contribution in [0.1, 0.15) is 20.3 Å². The summed E-state index contributed by atoms with van der Waals surface area (Å²) in [7, 11) is 0. The molecule has 0 bridgehead atoms. The summed E-state index contributed by atoms with van der Waals surface area (Å²) in [6.45, 7) is 5.73. The topological polar surface area (TPSA) is 54.0 Å². The van der Waals surface area contributed by atoms with E-state index in [1.54, 1.807) is 12.3 Å². The average Bonchev–Trinajstić information content (AvgIpc) is 2.84. The smallest absolute Gasteiger partial charge is 0.232 e. The van der Waals surface area contributed by atoms with Crippen LogP contribution in [0.2, 0.25) is 5.15 Å². The molecule has 2 heterocycles. The van der Waals surface area contributed by atoms with E-state index < -0.39 is 0 Å². The van der Waals surface area contributed by atoms with Crippen molar-refractivity contribution in [1.82, 2.24) is 10.3 Å². The molecule has 1 fully saturated rings. The second-order valence-corrected chi connectivity index (χ2v) is 6.46. The van der Waals surface area contributed by atoms with Crippen molar-refractivity contribution < 1.29 is 4.79 Å². The van der Waals surface area contributed by atoms with Crippen LogP contribution in [0.5, 0.6) is 0 Å². The molecule has 2 N–H and O–H groups in total. The molecule has 0 spiro atoms. The molecule has 1 aliphatic rings. The molecule has 0 aliphatic carbocycles. The standard InChI is InChI=1S/C13H17BrClN3O/c1-8(2)13(3-4-16-7-13)12(19)18-10-5-9(14)6-17-11(10)15/h5-6,8,16H,3-4,7H2,1-2H3,(H,18,19). The number of rotatable bonds is 3. The first kappa shape index (κ1) is 14.8.